The number of hydrogen-bond acceptors (Lipinski definition) is 3. The van der Waals surface area contributed by atoms with Gasteiger partial charge in [-0.3, -0.25) is 4.79 Å². The summed E-state index contributed by atoms with van der Waals surface area (Å²) in [7, 11) is 0. The standard InChI is InChI=1S/C13H16ClNO2S/c1-2-17-8-7-15-12(16)9-18-13(15)10-3-5-11(14)6-4-10/h3-6,13H,2,7-9H2,1H3. The van der Waals surface area contributed by atoms with Crippen molar-refractivity contribution < 1.29 is 9.53 Å². The van der Waals surface area contributed by atoms with E-state index in [9.17, 15) is 4.79 Å². The minimum Gasteiger partial charge on any atom is -0.380 e. The van der Waals surface area contributed by atoms with Gasteiger partial charge in [0, 0.05) is 18.2 Å². The molecule has 0 N–H and O–H groups in total. The molecule has 3 nitrogen and oxygen atoms in total. The Morgan fingerprint density at radius 1 is 1.44 bits per heavy atom. The summed E-state index contributed by atoms with van der Waals surface area (Å²) in [5, 5.41) is 0.809. The molecule has 1 atom stereocenters. The van der Waals surface area contributed by atoms with Crippen LogP contribution in [0.1, 0.15) is 17.9 Å². The monoisotopic (exact) mass is 285 g/mol. The van der Waals surface area contributed by atoms with Gasteiger partial charge in [-0.2, -0.15) is 0 Å². The summed E-state index contributed by atoms with van der Waals surface area (Å²) in [6, 6.07) is 7.68. The molecule has 2 rings (SSSR count). The molecule has 98 valence electrons. The number of carbonyl (C=O) groups excluding carboxylic acids is 1. The highest BCUT2D eigenvalue weighted by Gasteiger charge is 2.32. The molecular weight excluding hydrogens is 270 g/mol. The van der Waals surface area contributed by atoms with Crippen molar-refractivity contribution in [1.29, 1.82) is 0 Å². The Morgan fingerprint density at radius 3 is 2.83 bits per heavy atom. The molecular formula is C13H16ClNO2S. The summed E-state index contributed by atoms with van der Waals surface area (Å²) < 4.78 is 5.32. The van der Waals surface area contributed by atoms with Crippen molar-refractivity contribution in [2.24, 2.45) is 0 Å². The van der Waals surface area contributed by atoms with Crippen LogP contribution < -0.4 is 0 Å². The first-order valence-electron chi connectivity index (χ1n) is 5.96. The lowest BCUT2D eigenvalue weighted by Crippen LogP contribution is -2.31. The van der Waals surface area contributed by atoms with Crippen molar-refractivity contribution in [1.82, 2.24) is 4.90 Å². The van der Waals surface area contributed by atoms with Crippen LogP contribution in [0, 0.1) is 0 Å². The van der Waals surface area contributed by atoms with Gasteiger partial charge in [0.1, 0.15) is 5.37 Å². The Balaban J connectivity index is 2.06. The molecule has 0 aliphatic carbocycles. The molecule has 0 bridgehead atoms. The molecule has 1 amide bonds. The molecule has 1 unspecified atom stereocenters. The molecule has 1 fully saturated rings. The van der Waals surface area contributed by atoms with Crippen molar-refractivity contribution in [3.05, 3.63) is 34.9 Å². The third-order valence-corrected chi connectivity index (χ3v) is 4.31. The van der Waals surface area contributed by atoms with E-state index in [1.54, 1.807) is 11.8 Å². The Hall–Kier alpha value is -0.710. The predicted octanol–water partition coefficient (Wildman–Crippen LogP) is 2.95. The van der Waals surface area contributed by atoms with E-state index in [0.717, 1.165) is 5.56 Å². The van der Waals surface area contributed by atoms with Crippen LogP contribution in [0.2, 0.25) is 5.02 Å². The summed E-state index contributed by atoms with van der Waals surface area (Å²) in [5.41, 5.74) is 1.12. The smallest absolute Gasteiger partial charge is 0.233 e. The van der Waals surface area contributed by atoms with Crippen LogP contribution in [0.3, 0.4) is 0 Å². The van der Waals surface area contributed by atoms with E-state index in [4.69, 9.17) is 16.3 Å². The largest absolute Gasteiger partial charge is 0.380 e. The van der Waals surface area contributed by atoms with Crippen LogP contribution in [0.5, 0.6) is 0 Å². The number of thioether (sulfide) groups is 1. The quantitative estimate of drug-likeness (QED) is 0.779. The van der Waals surface area contributed by atoms with Crippen molar-refractivity contribution in [2.75, 3.05) is 25.5 Å². The lowest BCUT2D eigenvalue weighted by molar-refractivity contribution is -0.128. The first-order chi connectivity index (χ1) is 8.72. The number of nitrogens with zero attached hydrogens (tertiary/aromatic N) is 1. The molecule has 1 saturated heterocycles. The third-order valence-electron chi connectivity index (χ3n) is 2.80. The van der Waals surface area contributed by atoms with Crippen molar-refractivity contribution >= 4 is 29.3 Å². The minimum absolute atomic E-state index is 0.0928. The number of carbonyl (C=O) groups is 1. The summed E-state index contributed by atoms with van der Waals surface area (Å²) in [6.45, 7) is 3.87. The van der Waals surface area contributed by atoms with E-state index in [1.165, 1.54) is 0 Å². The average molecular weight is 286 g/mol. The zero-order valence-corrected chi connectivity index (χ0v) is 11.8. The molecule has 1 aliphatic rings. The first-order valence-corrected chi connectivity index (χ1v) is 7.39. The fourth-order valence-electron chi connectivity index (χ4n) is 1.91. The average Bonchev–Trinajstić information content (AvgIpc) is 2.73. The second kappa shape index (κ2) is 6.45. The van der Waals surface area contributed by atoms with E-state index in [-0.39, 0.29) is 11.3 Å². The topological polar surface area (TPSA) is 29.5 Å². The van der Waals surface area contributed by atoms with Crippen LogP contribution in [0.25, 0.3) is 0 Å². The Bertz CT molecular complexity index is 410. The number of benzene rings is 1. The predicted molar refractivity (Wildman–Crippen MR) is 74.9 cm³/mol. The van der Waals surface area contributed by atoms with Gasteiger partial charge in [-0.05, 0) is 24.6 Å². The number of rotatable bonds is 5. The normalized spacial score (nSPS) is 19.6. The van der Waals surface area contributed by atoms with Crippen LogP contribution in [-0.4, -0.2) is 36.3 Å². The molecule has 1 heterocycles. The third kappa shape index (κ3) is 3.19. The second-order valence-electron chi connectivity index (χ2n) is 4.00. The zero-order valence-electron chi connectivity index (χ0n) is 10.3. The number of halogens is 1. The molecule has 18 heavy (non-hydrogen) atoms. The van der Waals surface area contributed by atoms with Crippen LogP contribution >= 0.6 is 23.4 Å². The SMILES string of the molecule is CCOCCN1C(=O)CSC1c1ccc(Cl)cc1. The van der Waals surface area contributed by atoms with Gasteiger partial charge in [0.2, 0.25) is 5.91 Å². The lowest BCUT2D eigenvalue weighted by Gasteiger charge is -2.24. The van der Waals surface area contributed by atoms with E-state index in [0.29, 0.717) is 30.5 Å². The Labute approximate surface area is 116 Å². The van der Waals surface area contributed by atoms with Gasteiger partial charge in [-0.25, -0.2) is 0 Å². The van der Waals surface area contributed by atoms with Gasteiger partial charge in [0.05, 0.1) is 12.4 Å². The van der Waals surface area contributed by atoms with Gasteiger partial charge in [-0.1, -0.05) is 23.7 Å². The van der Waals surface area contributed by atoms with Crippen LogP contribution in [0.15, 0.2) is 24.3 Å². The summed E-state index contributed by atoms with van der Waals surface area (Å²) >= 11 is 7.53. The number of hydrogen-bond donors (Lipinski definition) is 0. The molecule has 1 aliphatic heterocycles. The van der Waals surface area contributed by atoms with Crippen molar-refractivity contribution in [3.8, 4) is 0 Å². The molecule has 0 aromatic heterocycles. The molecule has 1 aromatic carbocycles. The summed E-state index contributed by atoms with van der Waals surface area (Å²) in [6.07, 6.45) is 0. The maximum atomic E-state index is 11.8. The molecule has 0 spiro atoms. The van der Waals surface area contributed by atoms with E-state index < -0.39 is 0 Å². The van der Waals surface area contributed by atoms with E-state index >= 15 is 0 Å². The summed E-state index contributed by atoms with van der Waals surface area (Å²) in [4.78, 5) is 13.7. The highest BCUT2D eigenvalue weighted by molar-refractivity contribution is 8.00. The molecule has 0 radical (unpaired) electrons. The van der Waals surface area contributed by atoms with Crippen molar-refractivity contribution in [2.45, 2.75) is 12.3 Å². The zero-order chi connectivity index (χ0) is 13.0. The highest BCUT2D eigenvalue weighted by Crippen LogP contribution is 2.38. The fraction of sp³-hybridized carbons (Fsp3) is 0.462. The van der Waals surface area contributed by atoms with Gasteiger partial charge in [0.15, 0.2) is 0 Å². The van der Waals surface area contributed by atoms with Gasteiger partial charge in [0.25, 0.3) is 0 Å². The minimum atomic E-state index is 0.0928. The fourth-order valence-corrected chi connectivity index (χ4v) is 3.25. The van der Waals surface area contributed by atoms with Gasteiger partial charge >= 0.3 is 0 Å². The second-order valence-corrected chi connectivity index (χ2v) is 5.50. The van der Waals surface area contributed by atoms with Gasteiger partial charge in [-0.15, -0.1) is 11.8 Å². The van der Waals surface area contributed by atoms with Crippen LogP contribution in [0.4, 0.5) is 0 Å². The van der Waals surface area contributed by atoms with Gasteiger partial charge < -0.3 is 9.64 Å². The van der Waals surface area contributed by atoms with E-state index in [2.05, 4.69) is 0 Å². The van der Waals surface area contributed by atoms with Crippen molar-refractivity contribution in [3.63, 3.8) is 0 Å². The highest BCUT2D eigenvalue weighted by atomic mass is 35.5. The number of ether oxygens (including phenoxy) is 1. The summed E-state index contributed by atoms with van der Waals surface area (Å²) in [5.74, 6) is 0.721. The number of amides is 1. The molecule has 1 aromatic rings. The lowest BCUT2D eigenvalue weighted by atomic mass is 10.2. The molecule has 0 saturated carbocycles. The maximum absolute atomic E-state index is 11.8. The van der Waals surface area contributed by atoms with E-state index in [1.807, 2.05) is 36.1 Å². The first kappa shape index (κ1) is 13.7. The Morgan fingerprint density at radius 2 is 2.17 bits per heavy atom. The Kier molecular flexibility index (Phi) is 4.92. The van der Waals surface area contributed by atoms with Crippen LogP contribution in [-0.2, 0) is 9.53 Å². The maximum Gasteiger partial charge on any atom is 0.233 e. The molecule has 5 heteroatoms.